The molecule has 3 N–H and O–H groups in total. The molecule has 1 saturated heterocycles. The summed E-state index contributed by atoms with van der Waals surface area (Å²) in [5.41, 5.74) is 0.728. The van der Waals surface area contributed by atoms with Crippen LogP contribution in [0, 0.1) is 11.7 Å². The Morgan fingerprint density at radius 1 is 1.33 bits per heavy atom. The van der Waals surface area contributed by atoms with Crippen LogP contribution < -0.4 is 10.5 Å². The zero-order valence-electron chi connectivity index (χ0n) is 16.3. The van der Waals surface area contributed by atoms with Crippen LogP contribution in [-0.4, -0.2) is 51.4 Å². The van der Waals surface area contributed by atoms with E-state index < -0.39 is 23.3 Å². The molecule has 8 heteroatoms. The van der Waals surface area contributed by atoms with Crippen LogP contribution in [0.1, 0.15) is 24.5 Å². The molecule has 3 aromatic rings. The summed E-state index contributed by atoms with van der Waals surface area (Å²) in [6, 6.07) is 11.4. The first kappa shape index (κ1) is 19.3. The number of nitrogens with one attached hydrogen (secondary N) is 1. The van der Waals surface area contributed by atoms with E-state index in [1.165, 1.54) is 6.07 Å². The Kier molecular flexibility index (Phi) is 4.65. The molecule has 1 aromatic heterocycles. The number of aromatic amines is 1. The molecule has 2 aliphatic rings. The van der Waals surface area contributed by atoms with Gasteiger partial charge >= 0.3 is 5.76 Å². The lowest BCUT2D eigenvalue weighted by molar-refractivity contribution is 0.0176. The highest BCUT2D eigenvalue weighted by atomic mass is 19.1. The van der Waals surface area contributed by atoms with Gasteiger partial charge in [0.2, 0.25) is 0 Å². The van der Waals surface area contributed by atoms with Gasteiger partial charge in [-0.25, -0.2) is 9.18 Å². The van der Waals surface area contributed by atoms with Gasteiger partial charge in [-0.3, -0.25) is 9.88 Å². The summed E-state index contributed by atoms with van der Waals surface area (Å²) in [7, 11) is 0. The maximum atomic E-state index is 13.8. The van der Waals surface area contributed by atoms with Crippen LogP contribution in [0.3, 0.4) is 0 Å². The van der Waals surface area contributed by atoms with E-state index in [1.807, 2.05) is 4.90 Å². The van der Waals surface area contributed by atoms with Crippen molar-refractivity contribution in [3.05, 3.63) is 64.4 Å². The number of H-pyrrole nitrogens is 1. The average Bonchev–Trinajstić information content (AvgIpc) is 3.30. The number of β-amino-alcohol motifs (C(OH)–C–C–N with tert-alkyl or cyclic N) is 2. The molecule has 1 saturated carbocycles. The largest absolute Gasteiger partial charge is 0.487 e. The second kappa shape index (κ2) is 7.23. The molecule has 2 fully saturated rings. The highest BCUT2D eigenvalue weighted by Crippen LogP contribution is 2.43. The van der Waals surface area contributed by atoms with Gasteiger partial charge in [0, 0.05) is 32.0 Å². The predicted molar refractivity (Wildman–Crippen MR) is 107 cm³/mol. The molecule has 1 aliphatic heterocycles. The van der Waals surface area contributed by atoms with Crippen LogP contribution in [0.25, 0.3) is 11.1 Å². The van der Waals surface area contributed by atoms with Gasteiger partial charge in [0.15, 0.2) is 17.1 Å². The number of nitrogens with zero attached hydrogens (tertiary/aromatic N) is 1. The summed E-state index contributed by atoms with van der Waals surface area (Å²) in [5.74, 6) is -0.711. The van der Waals surface area contributed by atoms with E-state index in [0.29, 0.717) is 49.1 Å². The molecule has 2 aromatic carbocycles. The van der Waals surface area contributed by atoms with E-state index in [9.17, 15) is 19.4 Å². The normalized spacial score (nSPS) is 27.4. The molecule has 1 aliphatic carbocycles. The van der Waals surface area contributed by atoms with Crippen LogP contribution in [-0.2, 0) is 0 Å². The fourth-order valence-corrected chi connectivity index (χ4v) is 4.85. The lowest BCUT2D eigenvalue weighted by Crippen LogP contribution is -2.36. The van der Waals surface area contributed by atoms with Crippen LogP contribution in [0.2, 0.25) is 0 Å². The number of aromatic nitrogens is 1. The molecular formula is C22H23FN2O5. The molecule has 0 bridgehead atoms. The Balaban J connectivity index is 1.22. The van der Waals surface area contributed by atoms with Crippen molar-refractivity contribution >= 4 is 11.1 Å². The lowest BCUT2D eigenvalue weighted by atomic mass is 9.95. The molecule has 5 rings (SSSR count). The number of benzene rings is 2. The van der Waals surface area contributed by atoms with E-state index >= 15 is 0 Å². The number of hydrogen-bond acceptors (Lipinski definition) is 6. The minimum absolute atomic E-state index is 0.00616. The van der Waals surface area contributed by atoms with Crippen molar-refractivity contribution < 1.29 is 23.8 Å². The Labute approximate surface area is 171 Å². The molecule has 0 amide bonds. The van der Waals surface area contributed by atoms with E-state index in [2.05, 4.69) is 4.98 Å². The summed E-state index contributed by atoms with van der Waals surface area (Å²) < 4.78 is 24.7. The standard InChI is InChI=1S/C22H23FN2O5/c23-16-3-1-2-4-19(16)29-15-8-14-10-25(12-22(14,28)9-15)11-18(26)13-5-6-17-20(7-13)30-21(27)24-17/h1-7,14-15,18,26,28H,8-12H2,(H,24,27)/t14-,15+,18-,22-/m1/s1. The van der Waals surface area contributed by atoms with Gasteiger partial charge in [0.25, 0.3) is 0 Å². The first-order valence-electron chi connectivity index (χ1n) is 10.1. The summed E-state index contributed by atoms with van der Waals surface area (Å²) in [5, 5.41) is 21.7. The molecular weight excluding hydrogens is 391 g/mol. The first-order chi connectivity index (χ1) is 14.4. The zero-order chi connectivity index (χ0) is 20.9. The maximum Gasteiger partial charge on any atom is 0.417 e. The Morgan fingerprint density at radius 3 is 2.97 bits per heavy atom. The molecule has 0 radical (unpaired) electrons. The van der Waals surface area contributed by atoms with Crippen molar-refractivity contribution in [3.63, 3.8) is 0 Å². The molecule has 4 atom stereocenters. The molecule has 0 spiro atoms. The third kappa shape index (κ3) is 3.51. The fourth-order valence-electron chi connectivity index (χ4n) is 4.85. The zero-order valence-corrected chi connectivity index (χ0v) is 16.3. The van der Waals surface area contributed by atoms with Crippen LogP contribution in [0.15, 0.2) is 51.7 Å². The van der Waals surface area contributed by atoms with Gasteiger partial charge in [0.1, 0.15) is 6.10 Å². The maximum absolute atomic E-state index is 13.8. The van der Waals surface area contributed by atoms with Gasteiger partial charge in [0.05, 0.1) is 17.2 Å². The Bertz CT molecular complexity index is 1130. The van der Waals surface area contributed by atoms with Crippen LogP contribution in [0.4, 0.5) is 4.39 Å². The predicted octanol–water partition coefficient (Wildman–Crippen LogP) is 2.20. The van der Waals surface area contributed by atoms with Crippen molar-refractivity contribution in [3.8, 4) is 5.75 Å². The average molecular weight is 414 g/mol. The molecule has 0 unspecified atom stereocenters. The van der Waals surface area contributed by atoms with Crippen LogP contribution >= 0.6 is 0 Å². The molecule has 30 heavy (non-hydrogen) atoms. The highest BCUT2D eigenvalue weighted by Gasteiger charge is 2.52. The molecule has 7 nitrogen and oxygen atoms in total. The summed E-state index contributed by atoms with van der Waals surface area (Å²) in [4.78, 5) is 15.9. The number of aliphatic hydroxyl groups excluding tert-OH is 1. The fraction of sp³-hybridized carbons (Fsp3) is 0.409. The second-order valence-electron chi connectivity index (χ2n) is 8.39. The minimum atomic E-state index is -0.910. The highest BCUT2D eigenvalue weighted by molar-refractivity contribution is 5.72. The van der Waals surface area contributed by atoms with Gasteiger partial charge in [-0.2, -0.15) is 0 Å². The number of oxazole rings is 1. The molecule has 2 heterocycles. The number of halogens is 1. The minimum Gasteiger partial charge on any atom is -0.487 e. The number of rotatable bonds is 5. The SMILES string of the molecule is O=c1[nH]c2ccc([C@H](O)CN3C[C@H]4C[C@H](Oc5ccccc5F)C[C@@]4(O)C3)cc2o1. The Hall–Kier alpha value is -2.68. The first-order valence-corrected chi connectivity index (χ1v) is 10.1. The number of aliphatic hydroxyl groups is 2. The van der Waals surface area contributed by atoms with Gasteiger partial charge in [-0.1, -0.05) is 18.2 Å². The third-order valence-electron chi connectivity index (χ3n) is 6.26. The van der Waals surface area contributed by atoms with Crippen molar-refractivity contribution in [1.82, 2.24) is 9.88 Å². The van der Waals surface area contributed by atoms with Gasteiger partial charge in [-0.05, 0) is 36.2 Å². The smallest absolute Gasteiger partial charge is 0.417 e. The van der Waals surface area contributed by atoms with Crippen molar-refractivity contribution in [1.29, 1.82) is 0 Å². The number of fused-ring (bicyclic) bond motifs is 2. The van der Waals surface area contributed by atoms with Gasteiger partial charge in [-0.15, -0.1) is 0 Å². The third-order valence-corrected chi connectivity index (χ3v) is 6.26. The number of para-hydroxylation sites is 1. The quantitative estimate of drug-likeness (QED) is 0.592. The van der Waals surface area contributed by atoms with E-state index in [-0.39, 0.29) is 17.8 Å². The van der Waals surface area contributed by atoms with Gasteiger partial charge < -0.3 is 19.4 Å². The lowest BCUT2D eigenvalue weighted by Gasteiger charge is -2.25. The number of ether oxygens (including phenoxy) is 1. The van der Waals surface area contributed by atoms with Crippen molar-refractivity contribution in [2.75, 3.05) is 19.6 Å². The summed E-state index contributed by atoms with van der Waals surface area (Å²) in [6.45, 7) is 1.41. The number of likely N-dealkylation sites (tertiary alicyclic amines) is 1. The van der Waals surface area contributed by atoms with Crippen molar-refractivity contribution in [2.24, 2.45) is 5.92 Å². The summed E-state index contributed by atoms with van der Waals surface area (Å²) in [6.07, 6.45) is 0.0575. The van der Waals surface area contributed by atoms with Crippen molar-refractivity contribution in [2.45, 2.75) is 30.7 Å². The molecule has 158 valence electrons. The van der Waals surface area contributed by atoms with Crippen LogP contribution in [0.5, 0.6) is 5.75 Å². The topological polar surface area (TPSA) is 98.9 Å². The van der Waals surface area contributed by atoms with E-state index in [4.69, 9.17) is 9.15 Å². The monoisotopic (exact) mass is 414 g/mol. The Morgan fingerprint density at radius 2 is 2.17 bits per heavy atom. The second-order valence-corrected chi connectivity index (χ2v) is 8.39. The van der Waals surface area contributed by atoms with E-state index in [1.54, 1.807) is 36.4 Å². The van der Waals surface area contributed by atoms with E-state index in [0.717, 1.165) is 0 Å². The number of hydrogen-bond donors (Lipinski definition) is 3. The summed E-state index contributed by atoms with van der Waals surface area (Å²) >= 11 is 0.